The summed E-state index contributed by atoms with van der Waals surface area (Å²) in [5, 5.41) is 0. The molecule has 0 bridgehead atoms. The Morgan fingerprint density at radius 3 is 2.80 bits per heavy atom. The number of benzene rings is 1. The lowest BCUT2D eigenvalue weighted by Crippen LogP contribution is -2.10. The minimum Gasteiger partial charge on any atom is -0.493 e. The van der Waals surface area contributed by atoms with E-state index in [-0.39, 0.29) is 6.79 Å². The van der Waals surface area contributed by atoms with Crippen LogP contribution >= 0.6 is 0 Å². The van der Waals surface area contributed by atoms with Gasteiger partial charge in [0.1, 0.15) is 0 Å². The number of methoxy groups -OCH3 is 1. The van der Waals surface area contributed by atoms with E-state index in [1.54, 1.807) is 7.11 Å². The third-order valence-electron chi connectivity index (χ3n) is 2.22. The quantitative estimate of drug-likeness (QED) is 0.754. The topological polar surface area (TPSA) is 30.9 Å². The SMILES string of the molecule is COc1cc(CN(C)C)cc2c1OCO2. The fourth-order valence-corrected chi connectivity index (χ4v) is 1.64. The molecule has 1 aromatic carbocycles. The van der Waals surface area contributed by atoms with Gasteiger partial charge in [-0.2, -0.15) is 0 Å². The predicted molar refractivity (Wildman–Crippen MR) is 56.5 cm³/mol. The second-order valence-electron chi connectivity index (χ2n) is 3.77. The largest absolute Gasteiger partial charge is 0.493 e. The van der Waals surface area contributed by atoms with E-state index in [0.717, 1.165) is 23.6 Å². The van der Waals surface area contributed by atoms with Crippen LogP contribution in [0, 0.1) is 0 Å². The number of hydrogen-bond acceptors (Lipinski definition) is 4. The first kappa shape index (κ1) is 10.1. The Labute approximate surface area is 89.4 Å². The zero-order valence-corrected chi connectivity index (χ0v) is 9.24. The molecule has 0 radical (unpaired) electrons. The number of ether oxygens (including phenoxy) is 3. The molecule has 1 aliphatic rings. The number of hydrogen-bond donors (Lipinski definition) is 0. The zero-order chi connectivity index (χ0) is 10.8. The zero-order valence-electron chi connectivity index (χ0n) is 9.24. The molecule has 82 valence electrons. The molecule has 0 N–H and O–H groups in total. The molecule has 0 atom stereocenters. The van der Waals surface area contributed by atoms with E-state index >= 15 is 0 Å². The van der Waals surface area contributed by atoms with E-state index in [4.69, 9.17) is 14.2 Å². The molecule has 0 fully saturated rings. The summed E-state index contributed by atoms with van der Waals surface area (Å²) in [4.78, 5) is 2.09. The highest BCUT2D eigenvalue weighted by molar-refractivity contribution is 5.55. The Bertz CT molecular complexity index is 363. The van der Waals surface area contributed by atoms with Crippen molar-refractivity contribution in [3.63, 3.8) is 0 Å². The van der Waals surface area contributed by atoms with Crippen LogP contribution < -0.4 is 14.2 Å². The molecule has 0 saturated carbocycles. The Morgan fingerprint density at radius 2 is 2.13 bits per heavy atom. The molecule has 1 aliphatic heterocycles. The van der Waals surface area contributed by atoms with Gasteiger partial charge in [-0.3, -0.25) is 0 Å². The van der Waals surface area contributed by atoms with Crippen molar-refractivity contribution in [1.29, 1.82) is 0 Å². The first-order valence-electron chi connectivity index (χ1n) is 4.82. The van der Waals surface area contributed by atoms with Crippen molar-refractivity contribution in [3.8, 4) is 17.2 Å². The van der Waals surface area contributed by atoms with Crippen molar-refractivity contribution in [3.05, 3.63) is 17.7 Å². The molecule has 0 amide bonds. The molecule has 0 unspecified atom stereocenters. The summed E-state index contributed by atoms with van der Waals surface area (Å²) in [6, 6.07) is 3.97. The van der Waals surface area contributed by atoms with E-state index in [1.165, 1.54) is 0 Å². The third-order valence-corrected chi connectivity index (χ3v) is 2.22. The fourth-order valence-electron chi connectivity index (χ4n) is 1.64. The second kappa shape index (κ2) is 3.98. The normalized spacial score (nSPS) is 13.3. The van der Waals surface area contributed by atoms with Gasteiger partial charge < -0.3 is 19.1 Å². The molecule has 1 heterocycles. The van der Waals surface area contributed by atoms with Gasteiger partial charge in [0.2, 0.25) is 12.5 Å². The lowest BCUT2D eigenvalue weighted by atomic mass is 10.2. The minimum absolute atomic E-state index is 0.275. The fraction of sp³-hybridized carbons (Fsp3) is 0.455. The smallest absolute Gasteiger partial charge is 0.231 e. The van der Waals surface area contributed by atoms with E-state index < -0.39 is 0 Å². The van der Waals surface area contributed by atoms with Gasteiger partial charge in [0.25, 0.3) is 0 Å². The Morgan fingerprint density at radius 1 is 1.33 bits per heavy atom. The maximum Gasteiger partial charge on any atom is 0.231 e. The highest BCUT2D eigenvalue weighted by atomic mass is 16.7. The molecule has 0 saturated heterocycles. The number of rotatable bonds is 3. The van der Waals surface area contributed by atoms with Crippen molar-refractivity contribution in [2.24, 2.45) is 0 Å². The van der Waals surface area contributed by atoms with Gasteiger partial charge in [-0.1, -0.05) is 0 Å². The van der Waals surface area contributed by atoms with E-state index in [2.05, 4.69) is 4.90 Å². The number of nitrogens with zero attached hydrogens (tertiary/aromatic N) is 1. The van der Waals surface area contributed by atoms with Gasteiger partial charge in [0.05, 0.1) is 7.11 Å². The first-order valence-corrected chi connectivity index (χ1v) is 4.82. The molecule has 2 rings (SSSR count). The second-order valence-corrected chi connectivity index (χ2v) is 3.77. The summed E-state index contributed by atoms with van der Waals surface area (Å²) < 4.78 is 15.9. The van der Waals surface area contributed by atoms with Gasteiger partial charge in [-0.25, -0.2) is 0 Å². The maximum absolute atomic E-state index is 5.34. The standard InChI is InChI=1S/C11H15NO3/c1-12(2)6-8-4-9(13-3)11-10(5-8)14-7-15-11/h4-5H,6-7H2,1-3H3. The minimum atomic E-state index is 0.275. The summed E-state index contributed by atoms with van der Waals surface area (Å²) in [6.45, 7) is 1.13. The predicted octanol–water partition coefficient (Wildman–Crippen LogP) is 1.49. The van der Waals surface area contributed by atoms with Crippen LogP contribution in [0.4, 0.5) is 0 Å². The Balaban J connectivity index is 2.34. The van der Waals surface area contributed by atoms with Crippen LogP contribution in [0.5, 0.6) is 17.2 Å². The van der Waals surface area contributed by atoms with Crippen molar-refractivity contribution in [2.75, 3.05) is 28.0 Å². The van der Waals surface area contributed by atoms with Crippen LogP contribution in [0.1, 0.15) is 5.56 Å². The van der Waals surface area contributed by atoms with E-state index in [0.29, 0.717) is 5.75 Å². The number of fused-ring (bicyclic) bond motifs is 1. The van der Waals surface area contributed by atoms with Gasteiger partial charge in [0.15, 0.2) is 11.5 Å². The van der Waals surface area contributed by atoms with Gasteiger partial charge in [-0.15, -0.1) is 0 Å². The molecule has 15 heavy (non-hydrogen) atoms. The van der Waals surface area contributed by atoms with Crippen LogP contribution in [0.15, 0.2) is 12.1 Å². The molecule has 0 aliphatic carbocycles. The lowest BCUT2D eigenvalue weighted by molar-refractivity contribution is 0.171. The average Bonchev–Trinajstić information content (AvgIpc) is 2.63. The van der Waals surface area contributed by atoms with Gasteiger partial charge in [-0.05, 0) is 31.8 Å². The lowest BCUT2D eigenvalue weighted by Gasteiger charge is -2.12. The van der Waals surface area contributed by atoms with Crippen molar-refractivity contribution >= 4 is 0 Å². The van der Waals surface area contributed by atoms with Crippen LogP contribution in [0.2, 0.25) is 0 Å². The molecular weight excluding hydrogens is 194 g/mol. The Kier molecular flexibility index (Phi) is 2.68. The van der Waals surface area contributed by atoms with Gasteiger partial charge in [0, 0.05) is 6.54 Å². The molecular formula is C11H15NO3. The summed E-state index contributed by atoms with van der Waals surface area (Å²) in [6.07, 6.45) is 0. The van der Waals surface area contributed by atoms with Crippen LogP contribution in [-0.2, 0) is 6.54 Å². The van der Waals surface area contributed by atoms with E-state index in [1.807, 2.05) is 26.2 Å². The maximum atomic E-state index is 5.34. The summed E-state index contributed by atoms with van der Waals surface area (Å²) in [5.41, 5.74) is 1.15. The van der Waals surface area contributed by atoms with Crippen molar-refractivity contribution < 1.29 is 14.2 Å². The van der Waals surface area contributed by atoms with E-state index in [9.17, 15) is 0 Å². The molecule has 0 spiro atoms. The average molecular weight is 209 g/mol. The summed E-state index contributed by atoms with van der Waals surface area (Å²) in [5.74, 6) is 2.22. The first-order chi connectivity index (χ1) is 7.20. The highest BCUT2D eigenvalue weighted by Crippen LogP contribution is 2.41. The summed E-state index contributed by atoms with van der Waals surface area (Å²) in [7, 11) is 5.69. The van der Waals surface area contributed by atoms with Crippen LogP contribution in [0.25, 0.3) is 0 Å². The van der Waals surface area contributed by atoms with Gasteiger partial charge >= 0.3 is 0 Å². The van der Waals surface area contributed by atoms with Crippen LogP contribution in [-0.4, -0.2) is 32.9 Å². The molecule has 0 aromatic heterocycles. The molecule has 4 heteroatoms. The van der Waals surface area contributed by atoms with Crippen LogP contribution in [0.3, 0.4) is 0 Å². The van der Waals surface area contributed by atoms with Crippen molar-refractivity contribution in [1.82, 2.24) is 4.90 Å². The Hall–Kier alpha value is -1.42. The highest BCUT2D eigenvalue weighted by Gasteiger charge is 2.19. The third kappa shape index (κ3) is 1.99. The monoisotopic (exact) mass is 209 g/mol. The molecule has 1 aromatic rings. The molecule has 4 nitrogen and oxygen atoms in total. The summed E-state index contributed by atoms with van der Waals surface area (Å²) >= 11 is 0. The van der Waals surface area contributed by atoms with Crippen molar-refractivity contribution in [2.45, 2.75) is 6.54 Å².